The van der Waals surface area contributed by atoms with Gasteiger partial charge in [0.05, 0.1) is 10.6 Å². The van der Waals surface area contributed by atoms with Crippen LogP contribution in [-0.2, 0) is 16.1 Å². The molecule has 0 radical (unpaired) electrons. The molecular weight excluding hydrogens is 394 g/mol. The molecule has 2 aromatic rings. The normalized spacial score (nSPS) is 12.7. The minimum atomic E-state index is -0.330. The summed E-state index contributed by atoms with van der Waals surface area (Å²) in [5, 5.41) is 3.92. The molecule has 2 rings (SSSR count). The molecule has 0 spiro atoms. The first-order valence-electron chi connectivity index (χ1n) is 9.78. The number of carbonyl (C=O) groups is 1. The van der Waals surface area contributed by atoms with Crippen LogP contribution in [0.15, 0.2) is 9.95 Å². The quantitative estimate of drug-likeness (QED) is 0.356. The van der Waals surface area contributed by atoms with Crippen LogP contribution in [0.3, 0.4) is 0 Å². The highest BCUT2D eigenvalue weighted by Gasteiger charge is 2.21. The molecule has 0 fully saturated rings. The zero-order chi connectivity index (χ0) is 20.8. The molecule has 2 aromatic heterocycles. The molecule has 8 heteroatoms. The van der Waals surface area contributed by atoms with Crippen LogP contribution in [0.5, 0.6) is 0 Å². The number of amides is 1. The topological polar surface area (TPSA) is 73.2 Å². The first-order chi connectivity index (χ1) is 13.3. The number of nitrogens with zero attached hydrogens (tertiary/aromatic N) is 2. The number of hydrogen-bond acceptors (Lipinski definition) is 6. The average molecular weight is 426 g/mol. The summed E-state index contributed by atoms with van der Waals surface area (Å²) in [6.45, 7) is 14.3. The van der Waals surface area contributed by atoms with Gasteiger partial charge in [-0.1, -0.05) is 25.6 Å². The van der Waals surface area contributed by atoms with Crippen LogP contribution >= 0.6 is 23.1 Å². The molecule has 2 heterocycles. The Balaban J connectivity index is 2.33. The summed E-state index contributed by atoms with van der Waals surface area (Å²) < 4.78 is 7.13. The van der Waals surface area contributed by atoms with Gasteiger partial charge in [-0.25, -0.2) is 4.98 Å². The van der Waals surface area contributed by atoms with E-state index in [1.54, 1.807) is 4.57 Å². The molecule has 0 saturated carbocycles. The van der Waals surface area contributed by atoms with E-state index in [1.807, 2.05) is 27.7 Å². The van der Waals surface area contributed by atoms with Crippen molar-refractivity contribution in [2.24, 2.45) is 5.92 Å². The van der Waals surface area contributed by atoms with Gasteiger partial charge in [-0.15, -0.1) is 11.3 Å². The number of hydrogen-bond donors (Lipinski definition) is 1. The van der Waals surface area contributed by atoms with Gasteiger partial charge in [-0.3, -0.25) is 14.2 Å². The van der Waals surface area contributed by atoms with Crippen LogP contribution in [0.4, 0.5) is 0 Å². The van der Waals surface area contributed by atoms with Crippen LogP contribution in [0.25, 0.3) is 10.2 Å². The van der Waals surface area contributed by atoms with Gasteiger partial charge < -0.3 is 10.1 Å². The number of rotatable bonds is 10. The Hall–Kier alpha value is -1.38. The number of ether oxygens (including phenoxy) is 1. The molecule has 156 valence electrons. The standard InChI is InChI=1S/C20H31N3O3S2/c1-7-26-10-8-9-23-19(25)16-13(4)14(5)27-18(16)22-20(23)28-15(6)17(24)21-11-12(2)3/h12,15H,7-11H2,1-6H3,(H,21,24)/t15-/m1/s1. The predicted molar refractivity (Wildman–Crippen MR) is 118 cm³/mol. The Morgan fingerprint density at radius 1 is 1.32 bits per heavy atom. The van der Waals surface area contributed by atoms with E-state index in [2.05, 4.69) is 19.2 Å². The molecule has 0 aromatic carbocycles. The second-order valence-electron chi connectivity index (χ2n) is 7.26. The second kappa shape index (κ2) is 10.4. The SMILES string of the molecule is CCOCCCn1c(S[C@H](C)C(=O)NCC(C)C)nc2sc(C)c(C)c2c1=O. The van der Waals surface area contributed by atoms with Crippen molar-refractivity contribution < 1.29 is 9.53 Å². The minimum Gasteiger partial charge on any atom is -0.382 e. The predicted octanol–water partition coefficient (Wildman–Crippen LogP) is 3.75. The van der Waals surface area contributed by atoms with Crippen molar-refractivity contribution in [3.05, 3.63) is 20.8 Å². The lowest BCUT2D eigenvalue weighted by atomic mass is 10.2. The van der Waals surface area contributed by atoms with E-state index in [0.717, 1.165) is 21.7 Å². The Kier molecular flexibility index (Phi) is 8.52. The molecule has 1 atom stereocenters. The number of carbonyl (C=O) groups excluding carboxylic acids is 1. The van der Waals surface area contributed by atoms with E-state index in [1.165, 1.54) is 23.1 Å². The van der Waals surface area contributed by atoms with Gasteiger partial charge >= 0.3 is 0 Å². The zero-order valence-electron chi connectivity index (χ0n) is 17.6. The minimum absolute atomic E-state index is 0.0272. The van der Waals surface area contributed by atoms with E-state index in [4.69, 9.17) is 9.72 Å². The van der Waals surface area contributed by atoms with Gasteiger partial charge in [0.1, 0.15) is 4.83 Å². The number of thioether (sulfide) groups is 1. The first-order valence-corrected chi connectivity index (χ1v) is 11.5. The monoisotopic (exact) mass is 425 g/mol. The second-order valence-corrected chi connectivity index (χ2v) is 9.78. The van der Waals surface area contributed by atoms with Crippen molar-refractivity contribution in [3.63, 3.8) is 0 Å². The smallest absolute Gasteiger partial charge is 0.263 e. The van der Waals surface area contributed by atoms with E-state index < -0.39 is 0 Å². The van der Waals surface area contributed by atoms with Gasteiger partial charge in [0, 0.05) is 31.2 Å². The van der Waals surface area contributed by atoms with E-state index in [-0.39, 0.29) is 16.7 Å². The van der Waals surface area contributed by atoms with Crippen molar-refractivity contribution >= 4 is 39.2 Å². The molecule has 0 unspecified atom stereocenters. The van der Waals surface area contributed by atoms with E-state index in [9.17, 15) is 9.59 Å². The van der Waals surface area contributed by atoms with Crippen LogP contribution in [-0.4, -0.2) is 40.5 Å². The summed E-state index contributed by atoms with van der Waals surface area (Å²) in [6, 6.07) is 0. The molecule has 0 bridgehead atoms. The lowest BCUT2D eigenvalue weighted by Gasteiger charge is -2.16. The van der Waals surface area contributed by atoms with Crippen molar-refractivity contribution in [3.8, 4) is 0 Å². The highest BCUT2D eigenvalue weighted by molar-refractivity contribution is 8.00. The highest BCUT2D eigenvalue weighted by Crippen LogP contribution is 2.29. The lowest BCUT2D eigenvalue weighted by Crippen LogP contribution is -2.34. The van der Waals surface area contributed by atoms with Crippen molar-refractivity contribution in [2.45, 2.75) is 64.9 Å². The van der Waals surface area contributed by atoms with Crippen LogP contribution in [0.1, 0.15) is 44.6 Å². The Labute approximate surface area is 175 Å². The summed E-state index contributed by atoms with van der Waals surface area (Å²) >= 11 is 2.88. The van der Waals surface area contributed by atoms with Gasteiger partial charge in [-0.05, 0) is 45.6 Å². The molecule has 1 N–H and O–H groups in total. The molecule has 6 nitrogen and oxygen atoms in total. The molecular formula is C20H31N3O3S2. The molecule has 28 heavy (non-hydrogen) atoms. The Morgan fingerprint density at radius 2 is 2.04 bits per heavy atom. The fraction of sp³-hybridized carbons (Fsp3) is 0.650. The molecule has 0 aliphatic rings. The van der Waals surface area contributed by atoms with Crippen LogP contribution in [0, 0.1) is 19.8 Å². The third-order valence-electron chi connectivity index (χ3n) is 4.46. The molecule has 0 aliphatic carbocycles. The maximum atomic E-state index is 13.2. The summed E-state index contributed by atoms with van der Waals surface area (Å²) in [5.41, 5.74) is 0.968. The van der Waals surface area contributed by atoms with E-state index in [0.29, 0.717) is 42.8 Å². The maximum absolute atomic E-state index is 13.2. The highest BCUT2D eigenvalue weighted by atomic mass is 32.2. The van der Waals surface area contributed by atoms with Crippen molar-refractivity contribution in [2.75, 3.05) is 19.8 Å². The summed E-state index contributed by atoms with van der Waals surface area (Å²) in [4.78, 5) is 32.2. The third kappa shape index (κ3) is 5.58. The number of aromatic nitrogens is 2. The number of aryl methyl sites for hydroxylation is 2. The fourth-order valence-corrected chi connectivity index (χ4v) is 4.75. The molecule has 0 saturated heterocycles. The summed E-state index contributed by atoms with van der Waals surface area (Å²) in [7, 11) is 0. The third-order valence-corrected chi connectivity index (χ3v) is 6.66. The van der Waals surface area contributed by atoms with Gasteiger partial charge in [0.2, 0.25) is 5.91 Å². The van der Waals surface area contributed by atoms with Gasteiger partial charge in [0.25, 0.3) is 5.56 Å². The lowest BCUT2D eigenvalue weighted by molar-refractivity contribution is -0.120. The Bertz CT molecular complexity index is 874. The van der Waals surface area contributed by atoms with E-state index >= 15 is 0 Å². The number of nitrogens with one attached hydrogen (secondary N) is 1. The largest absolute Gasteiger partial charge is 0.382 e. The average Bonchev–Trinajstić information content (AvgIpc) is 2.92. The van der Waals surface area contributed by atoms with Crippen molar-refractivity contribution in [1.82, 2.24) is 14.9 Å². The maximum Gasteiger partial charge on any atom is 0.263 e. The summed E-state index contributed by atoms with van der Waals surface area (Å²) in [5.74, 6) is 0.358. The molecule has 0 aliphatic heterocycles. The van der Waals surface area contributed by atoms with Gasteiger partial charge in [0.15, 0.2) is 5.16 Å². The van der Waals surface area contributed by atoms with Crippen molar-refractivity contribution in [1.29, 1.82) is 0 Å². The number of fused-ring (bicyclic) bond motifs is 1. The molecule has 1 amide bonds. The van der Waals surface area contributed by atoms with Crippen LogP contribution < -0.4 is 10.9 Å². The fourth-order valence-electron chi connectivity index (χ4n) is 2.72. The first kappa shape index (κ1) is 22.9. The Morgan fingerprint density at radius 3 is 2.68 bits per heavy atom. The number of thiophene rings is 1. The zero-order valence-corrected chi connectivity index (χ0v) is 19.3. The van der Waals surface area contributed by atoms with Gasteiger partial charge in [-0.2, -0.15) is 0 Å². The summed E-state index contributed by atoms with van der Waals surface area (Å²) in [6.07, 6.45) is 0.727. The van der Waals surface area contributed by atoms with Crippen LogP contribution in [0.2, 0.25) is 0 Å².